The lowest BCUT2D eigenvalue weighted by molar-refractivity contribution is 0.0232. The Hall–Kier alpha value is -0.120. The lowest BCUT2D eigenvalue weighted by atomic mass is 9.95. The normalized spacial score (nSPS) is 14.8. The van der Waals surface area contributed by atoms with Crippen LogP contribution in [0.15, 0.2) is 0 Å². The van der Waals surface area contributed by atoms with Crippen LogP contribution in [-0.4, -0.2) is 30.5 Å². The van der Waals surface area contributed by atoms with Crippen molar-refractivity contribution in [1.82, 2.24) is 0 Å². The monoisotopic (exact) mass is 245 g/mol. The first-order valence-corrected chi connectivity index (χ1v) is 7.18. The zero-order valence-electron chi connectivity index (χ0n) is 11.7. The van der Waals surface area contributed by atoms with Crippen LogP contribution >= 0.6 is 0 Å². The van der Waals surface area contributed by atoms with Crippen molar-refractivity contribution in [2.45, 2.75) is 70.8 Å². The second-order valence-electron chi connectivity index (χ2n) is 4.91. The molecule has 0 rings (SSSR count). The molecule has 0 aliphatic rings. The van der Waals surface area contributed by atoms with Crippen LogP contribution in [0.4, 0.5) is 0 Å². The molecule has 0 radical (unpaired) electrons. The molecule has 0 aromatic rings. The van der Waals surface area contributed by atoms with Gasteiger partial charge in [-0.05, 0) is 25.7 Å². The first kappa shape index (κ1) is 16.9. The van der Waals surface area contributed by atoms with E-state index in [1.165, 1.54) is 25.7 Å². The Bertz CT molecular complexity index is 158. The molecule has 0 saturated carbocycles. The van der Waals surface area contributed by atoms with Gasteiger partial charge in [0.15, 0.2) is 0 Å². The molecular formula is C14H31NO2. The van der Waals surface area contributed by atoms with Crippen molar-refractivity contribution in [3.63, 3.8) is 0 Å². The minimum absolute atomic E-state index is 0.348. The summed E-state index contributed by atoms with van der Waals surface area (Å²) in [6, 6.07) is 0. The van der Waals surface area contributed by atoms with Crippen LogP contribution in [0, 0.1) is 0 Å². The van der Waals surface area contributed by atoms with E-state index in [4.69, 9.17) is 10.5 Å². The Kier molecular flexibility index (Phi) is 10.9. The van der Waals surface area contributed by atoms with Gasteiger partial charge in [-0.1, -0.05) is 39.5 Å². The number of aliphatic hydroxyl groups is 1. The molecule has 0 fully saturated rings. The van der Waals surface area contributed by atoms with Crippen molar-refractivity contribution in [2.75, 3.05) is 19.8 Å². The van der Waals surface area contributed by atoms with Crippen molar-refractivity contribution in [1.29, 1.82) is 0 Å². The average molecular weight is 245 g/mol. The third-order valence-electron chi connectivity index (χ3n) is 3.36. The summed E-state index contributed by atoms with van der Waals surface area (Å²) in [5, 5.41) is 9.95. The van der Waals surface area contributed by atoms with E-state index in [9.17, 15) is 5.11 Å². The third-order valence-corrected chi connectivity index (χ3v) is 3.36. The molecule has 3 nitrogen and oxygen atoms in total. The summed E-state index contributed by atoms with van der Waals surface area (Å²) >= 11 is 0. The highest BCUT2D eigenvalue weighted by atomic mass is 16.5. The maximum atomic E-state index is 9.95. The summed E-state index contributed by atoms with van der Waals surface area (Å²) in [5.41, 5.74) is 4.86. The van der Waals surface area contributed by atoms with Gasteiger partial charge in [0.05, 0.1) is 5.60 Å². The molecule has 0 saturated heterocycles. The fourth-order valence-electron chi connectivity index (χ4n) is 1.84. The molecule has 0 aliphatic heterocycles. The van der Waals surface area contributed by atoms with Gasteiger partial charge in [-0.3, -0.25) is 0 Å². The number of nitrogens with two attached hydrogens (primary N) is 1. The van der Waals surface area contributed by atoms with E-state index in [1.54, 1.807) is 0 Å². The van der Waals surface area contributed by atoms with Gasteiger partial charge < -0.3 is 15.6 Å². The molecule has 3 N–H and O–H groups in total. The number of hydrogen-bond donors (Lipinski definition) is 2. The Labute approximate surface area is 107 Å². The van der Waals surface area contributed by atoms with Crippen LogP contribution in [0.2, 0.25) is 0 Å². The average Bonchev–Trinajstić information content (AvgIpc) is 2.36. The van der Waals surface area contributed by atoms with E-state index in [2.05, 4.69) is 6.92 Å². The first-order valence-electron chi connectivity index (χ1n) is 7.18. The zero-order valence-corrected chi connectivity index (χ0v) is 11.7. The van der Waals surface area contributed by atoms with Crippen LogP contribution in [0.5, 0.6) is 0 Å². The van der Waals surface area contributed by atoms with E-state index in [0.29, 0.717) is 6.54 Å². The minimum atomic E-state index is -0.676. The predicted octanol–water partition coefficient (Wildman–Crippen LogP) is 2.85. The molecule has 0 aliphatic carbocycles. The highest BCUT2D eigenvalue weighted by Crippen LogP contribution is 2.15. The molecule has 17 heavy (non-hydrogen) atoms. The Morgan fingerprint density at radius 1 is 1.00 bits per heavy atom. The smallest absolute Gasteiger partial charge is 0.0767 e. The molecule has 3 heteroatoms. The molecule has 0 heterocycles. The highest BCUT2D eigenvalue weighted by molar-refractivity contribution is 4.77. The summed E-state index contributed by atoms with van der Waals surface area (Å²) in [4.78, 5) is 0. The Morgan fingerprint density at radius 2 is 1.65 bits per heavy atom. The highest BCUT2D eigenvalue weighted by Gasteiger charge is 2.21. The largest absolute Gasteiger partial charge is 0.389 e. The van der Waals surface area contributed by atoms with Crippen LogP contribution in [0.1, 0.15) is 65.2 Å². The second-order valence-corrected chi connectivity index (χ2v) is 4.91. The van der Waals surface area contributed by atoms with Gasteiger partial charge in [0, 0.05) is 19.8 Å². The molecule has 1 atom stereocenters. The molecule has 104 valence electrons. The van der Waals surface area contributed by atoms with Gasteiger partial charge in [-0.2, -0.15) is 0 Å². The van der Waals surface area contributed by atoms with Crippen molar-refractivity contribution in [2.24, 2.45) is 5.73 Å². The Morgan fingerprint density at radius 3 is 2.24 bits per heavy atom. The van der Waals surface area contributed by atoms with E-state index >= 15 is 0 Å². The summed E-state index contributed by atoms with van der Waals surface area (Å²) in [5.74, 6) is 0. The number of rotatable bonds is 12. The maximum absolute atomic E-state index is 9.95. The molecule has 0 amide bonds. The molecule has 0 aromatic heterocycles. The van der Waals surface area contributed by atoms with Crippen molar-refractivity contribution in [3.05, 3.63) is 0 Å². The molecule has 0 aromatic carbocycles. The van der Waals surface area contributed by atoms with Crippen molar-refractivity contribution < 1.29 is 9.84 Å². The number of ether oxygens (including phenoxy) is 1. The minimum Gasteiger partial charge on any atom is -0.389 e. The fourth-order valence-corrected chi connectivity index (χ4v) is 1.84. The summed E-state index contributed by atoms with van der Waals surface area (Å²) in [6.07, 6.45) is 8.75. The topological polar surface area (TPSA) is 55.5 Å². The molecule has 0 spiro atoms. The van der Waals surface area contributed by atoms with Gasteiger partial charge in [0.25, 0.3) is 0 Å². The molecule has 1 unspecified atom stereocenters. The van der Waals surface area contributed by atoms with Crippen LogP contribution < -0.4 is 5.73 Å². The number of hydrogen-bond acceptors (Lipinski definition) is 3. The van der Waals surface area contributed by atoms with Crippen molar-refractivity contribution >= 4 is 0 Å². The van der Waals surface area contributed by atoms with E-state index in [-0.39, 0.29) is 0 Å². The van der Waals surface area contributed by atoms with Crippen molar-refractivity contribution in [3.8, 4) is 0 Å². The van der Waals surface area contributed by atoms with Crippen LogP contribution in [0.25, 0.3) is 0 Å². The first-order chi connectivity index (χ1) is 8.18. The second kappa shape index (κ2) is 11.0. The fraction of sp³-hybridized carbons (Fsp3) is 1.00. The zero-order chi connectivity index (χ0) is 13.0. The van der Waals surface area contributed by atoms with Gasteiger partial charge in [0.2, 0.25) is 0 Å². The summed E-state index contributed by atoms with van der Waals surface area (Å²) in [6.45, 7) is 6.15. The summed E-state index contributed by atoms with van der Waals surface area (Å²) in [7, 11) is 0. The lowest BCUT2D eigenvalue weighted by Gasteiger charge is -2.24. The van der Waals surface area contributed by atoms with E-state index in [0.717, 1.165) is 38.9 Å². The third kappa shape index (κ3) is 9.57. The molecular weight excluding hydrogens is 214 g/mol. The quantitative estimate of drug-likeness (QED) is 0.520. The van der Waals surface area contributed by atoms with Gasteiger partial charge in [-0.25, -0.2) is 0 Å². The van der Waals surface area contributed by atoms with Gasteiger partial charge in [0.1, 0.15) is 0 Å². The SMILES string of the molecule is CCCCCCCOCCCC(O)(CC)CN. The summed E-state index contributed by atoms with van der Waals surface area (Å²) < 4.78 is 5.55. The van der Waals surface area contributed by atoms with Crippen LogP contribution in [0.3, 0.4) is 0 Å². The Balaban J connectivity index is 3.23. The number of unbranched alkanes of at least 4 members (excludes halogenated alkanes) is 4. The predicted molar refractivity (Wildman–Crippen MR) is 73.1 cm³/mol. The van der Waals surface area contributed by atoms with Gasteiger partial charge >= 0.3 is 0 Å². The maximum Gasteiger partial charge on any atom is 0.0767 e. The standard InChI is InChI=1S/C14H31NO2/c1-3-5-6-7-8-11-17-12-9-10-14(16,4-2)13-15/h16H,3-13,15H2,1-2H3. The van der Waals surface area contributed by atoms with Crippen LogP contribution in [-0.2, 0) is 4.74 Å². The lowest BCUT2D eigenvalue weighted by Crippen LogP contribution is -2.37. The molecule has 0 bridgehead atoms. The van der Waals surface area contributed by atoms with Gasteiger partial charge in [-0.15, -0.1) is 0 Å². The van der Waals surface area contributed by atoms with E-state index in [1.807, 2.05) is 6.92 Å². The van der Waals surface area contributed by atoms with E-state index < -0.39 is 5.60 Å².